The number of nitrogens with one attached hydrogen (secondary N) is 1. The number of rotatable bonds is 5. The summed E-state index contributed by atoms with van der Waals surface area (Å²) in [5.41, 5.74) is 1.36. The standard InChI is InChI=1S/C21H19NO4/c1-22-21(24)20-17(23)13-18(15-6-4-3-5-7-15)26-19(20)12-14-8-10-16(25-2)11-9-14/h3-11,13H,12H2,1-2H3,(H,22,24). The number of hydrogen-bond acceptors (Lipinski definition) is 4. The van der Waals surface area contributed by atoms with Crippen LogP contribution in [0.4, 0.5) is 0 Å². The molecule has 0 atom stereocenters. The van der Waals surface area contributed by atoms with E-state index < -0.39 is 5.91 Å². The summed E-state index contributed by atoms with van der Waals surface area (Å²) in [5, 5.41) is 2.51. The van der Waals surface area contributed by atoms with Crippen LogP contribution in [0, 0.1) is 0 Å². The SMILES string of the molecule is CNC(=O)c1c(Cc2ccc(OC)cc2)oc(-c2ccccc2)cc1=O. The van der Waals surface area contributed by atoms with Crippen molar-refractivity contribution in [1.82, 2.24) is 5.32 Å². The summed E-state index contributed by atoms with van der Waals surface area (Å²) >= 11 is 0. The van der Waals surface area contributed by atoms with Gasteiger partial charge < -0.3 is 14.5 Å². The molecule has 3 rings (SSSR count). The molecular weight excluding hydrogens is 330 g/mol. The lowest BCUT2D eigenvalue weighted by atomic mass is 10.0. The molecule has 0 fully saturated rings. The van der Waals surface area contributed by atoms with Crippen LogP contribution in [-0.4, -0.2) is 20.1 Å². The van der Waals surface area contributed by atoms with E-state index in [-0.39, 0.29) is 11.0 Å². The van der Waals surface area contributed by atoms with Crippen molar-refractivity contribution in [3.8, 4) is 17.1 Å². The third kappa shape index (κ3) is 3.67. The van der Waals surface area contributed by atoms with Gasteiger partial charge in [0.05, 0.1) is 7.11 Å². The lowest BCUT2D eigenvalue weighted by Gasteiger charge is -2.10. The molecule has 1 aromatic heterocycles. The van der Waals surface area contributed by atoms with Gasteiger partial charge in [-0.15, -0.1) is 0 Å². The smallest absolute Gasteiger partial charge is 0.258 e. The molecule has 1 amide bonds. The second-order valence-electron chi connectivity index (χ2n) is 5.74. The molecule has 3 aromatic rings. The Hall–Kier alpha value is -3.34. The predicted octanol–water partition coefficient (Wildman–Crippen LogP) is 3.27. The Balaban J connectivity index is 2.08. The highest BCUT2D eigenvalue weighted by molar-refractivity contribution is 5.95. The summed E-state index contributed by atoms with van der Waals surface area (Å²) in [5.74, 6) is 1.05. The number of amides is 1. The summed E-state index contributed by atoms with van der Waals surface area (Å²) in [6, 6.07) is 18.1. The highest BCUT2D eigenvalue weighted by atomic mass is 16.5. The zero-order valence-corrected chi connectivity index (χ0v) is 14.6. The summed E-state index contributed by atoms with van der Waals surface area (Å²) in [6.45, 7) is 0. The van der Waals surface area contributed by atoms with Gasteiger partial charge in [0.15, 0.2) is 5.43 Å². The average Bonchev–Trinajstić information content (AvgIpc) is 2.68. The van der Waals surface area contributed by atoms with E-state index in [9.17, 15) is 9.59 Å². The summed E-state index contributed by atoms with van der Waals surface area (Å²) in [4.78, 5) is 24.8. The Morgan fingerprint density at radius 2 is 1.77 bits per heavy atom. The number of hydrogen-bond donors (Lipinski definition) is 1. The van der Waals surface area contributed by atoms with Crippen LogP contribution in [0.5, 0.6) is 5.75 Å². The summed E-state index contributed by atoms with van der Waals surface area (Å²) in [7, 11) is 3.09. The summed E-state index contributed by atoms with van der Waals surface area (Å²) in [6.07, 6.45) is 0.322. The molecule has 1 heterocycles. The first-order valence-corrected chi connectivity index (χ1v) is 8.20. The number of ether oxygens (including phenoxy) is 1. The summed E-state index contributed by atoms with van der Waals surface area (Å²) < 4.78 is 11.1. The van der Waals surface area contributed by atoms with E-state index >= 15 is 0 Å². The van der Waals surface area contributed by atoms with Gasteiger partial charge >= 0.3 is 0 Å². The number of carbonyl (C=O) groups excluding carboxylic acids is 1. The zero-order valence-electron chi connectivity index (χ0n) is 14.6. The first kappa shape index (κ1) is 17.5. The highest BCUT2D eigenvalue weighted by Gasteiger charge is 2.19. The largest absolute Gasteiger partial charge is 0.497 e. The minimum atomic E-state index is -0.457. The number of benzene rings is 2. The van der Waals surface area contributed by atoms with Crippen LogP contribution >= 0.6 is 0 Å². The molecule has 0 aliphatic carbocycles. The van der Waals surface area contributed by atoms with E-state index in [0.717, 1.165) is 16.9 Å². The maximum atomic E-state index is 12.6. The molecule has 0 bridgehead atoms. The Kier molecular flexibility index (Phi) is 5.17. The minimum Gasteiger partial charge on any atom is -0.497 e. The van der Waals surface area contributed by atoms with Crippen LogP contribution in [0.25, 0.3) is 11.3 Å². The van der Waals surface area contributed by atoms with Crippen molar-refractivity contribution < 1.29 is 13.9 Å². The molecule has 5 nitrogen and oxygen atoms in total. The van der Waals surface area contributed by atoms with Gasteiger partial charge in [-0.1, -0.05) is 42.5 Å². The fourth-order valence-electron chi connectivity index (χ4n) is 2.70. The van der Waals surface area contributed by atoms with Crippen LogP contribution in [-0.2, 0) is 6.42 Å². The quantitative estimate of drug-likeness (QED) is 0.768. The van der Waals surface area contributed by atoms with Crippen LogP contribution in [0.2, 0.25) is 0 Å². The molecule has 0 saturated carbocycles. The van der Waals surface area contributed by atoms with E-state index in [1.54, 1.807) is 7.11 Å². The van der Waals surface area contributed by atoms with Crippen LogP contribution in [0.1, 0.15) is 21.7 Å². The van der Waals surface area contributed by atoms with Gasteiger partial charge in [-0.05, 0) is 17.7 Å². The molecule has 26 heavy (non-hydrogen) atoms. The average molecular weight is 349 g/mol. The Morgan fingerprint density at radius 3 is 2.38 bits per heavy atom. The number of carbonyl (C=O) groups is 1. The Bertz CT molecular complexity index is 960. The second kappa shape index (κ2) is 7.70. The lowest BCUT2D eigenvalue weighted by Crippen LogP contribution is -2.27. The van der Waals surface area contributed by atoms with Crippen molar-refractivity contribution in [2.45, 2.75) is 6.42 Å². The van der Waals surface area contributed by atoms with Gasteiger partial charge in [-0.3, -0.25) is 9.59 Å². The van der Waals surface area contributed by atoms with Gasteiger partial charge in [-0.2, -0.15) is 0 Å². The van der Waals surface area contributed by atoms with E-state index in [1.165, 1.54) is 13.1 Å². The first-order chi connectivity index (χ1) is 12.6. The molecule has 1 N–H and O–H groups in total. The fourth-order valence-corrected chi connectivity index (χ4v) is 2.70. The van der Waals surface area contributed by atoms with Gasteiger partial charge in [0.25, 0.3) is 5.91 Å². The van der Waals surface area contributed by atoms with Gasteiger partial charge in [0.2, 0.25) is 0 Å². The zero-order chi connectivity index (χ0) is 18.5. The lowest BCUT2D eigenvalue weighted by molar-refractivity contribution is 0.0958. The van der Waals surface area contributed by atoms with E-state index in [2.05, 4.69) is 5.32 Å². The molecule has 5 heteroatoms. The molecule has 0 unspecified atom stereocenters. The van der Waals surface area contributed by atoms with E-state index in [0.29, 0.717) is 17.9 Å². The van der Waals surface area contributed by atoms with Crippen LogP contribution < -0.4 is 15.5 Å². The highest BCUT2D eigenvalue weighted by Crippen LogP contribution is 2.23. The first-order valence-electron chi connectivity index (χ1n) is 8.20. The normalized spacial score (nSPS) is 10.4. The van der Waals surface area contributed by atoms with Gasteiger partial charge in [0, 0.05) is 25.1 Å². The van der Waals surface area contributed by atoms with Gasteiger partial charge in [0.1, 0.15) is 22.8 Å². The van der Waals surface area contributed by atoms with Crippen molar-refractivity contribution in [2.75, 3.05) is 14.2 Å². The molecule has 0 aliphatic rings. The maximum Gasteiger partial charge on any atom is 0.258 e. The van der Waals surface area contributed by atoms with E-state index in [1.807, 2.05) is 54.6 Å². The van der Waals surface area contributed by atoms with E-state index in [4.69, 9.17) is 9.15 Å². The molecule has 2 aromatic carbocycles. The van der Waals surface area contributed by atoms with Gasteiger partial charge in [-0.25, -0.2) is 0 Å². The van der Waals surface area contributed by atoms with Crippen molar-refractivity contribution in [3.63, 3.8) is 0 Å². The molecule has 132 valence electrons. The third-order valence-electron chi connectivity index (χ3n) is 4.06. The molecular formula is C21H19NO4. The topological polar surface area (TPSA) is 68.5 Å². The fraction of sp³-hybridized carbons (Fsp3) is 0.143. The number of methoxy groups -OCH3 is 1. The Morgan fingerprint density at radius 1 is 1.08 bits per heavy atom. The van der Waals surface area contributed by atoms with Crippen LogP contribution in [0.3, 0.4) is 0 Å². The van der Waals surface area contributed by atoms with Crippen molar-refractivity contribution in [3.05, 3.63) is 87.8 Å². The predicted molar refractivity (Wildman–Crippen MR) is 99.6 cm³/mol. The Labute approximate surface area is 151 Å². The molecule has 0 radical (unpaired) electrons. The van der Waals surface area contributed by atoms with Crippen molar-refractivity contribution in [1.29, 1.82) is 0 Å². The van der Waals surface area contributed by atoms with Crippen molar-refractivity contribution >= 4 is 5.91 Å². The molecule has 0 spiro atoms. The van der Waals surface area contributed by atoms with Crippen LogP contribution in [0.15, 0.2) is 69.9 Å². The van der Waals surface area contributed by atoms with Crippen molar-refractivity contribution in [2.24, 2.45) is 0 Å². The molecule has 0 saturated heterocycles. The maximum absolute atomic E-state index is 12.6. The third-order valence-corrected chi connectivity index (χ3v) is 4.06. The minimum absolute atomic E-state index is 0.0306. The second-order valence-corrected chi connectivity index (χ2v) is 5.74. The monoisotopic (exact) mass is 349 g/mol. The molecule has 0 aliphatic heterocycles.